The Morgan fingerprint density at radius 2 is 2.58 bits per heavy atom. The summed E-state index contributed by atoms with van der Waals surface area (Å²) < 4.78 is 3.98. The number of aliphatic hydroxyl groups is 1. The first-order chi connectivity index (χ1) is 5.75. The van der Waals surface area contributed by atoms with Crippen LogP contribution in [0, 0.1) is 0 Å². The number of nitrogens with two attached hydrogens (primary N) is 1. The number of anilines is 2. The molecule has 2 rings (SSSR count). The van der Waals surface area contributed by atoms with Gasteiger partial charge < -0.3 is 15.7 Å². The van der Waals surface area contributed by atoms with Gasteiger partial charge in [0.2, 0.25) is 0 Å². The van der Waals surface area contributed by atoms with Crippen molar-refractivity contribution in [2.45, 2.75) is 12.5 Å². The van der Waals surface area contributed by atoms with Crippen molar-refractivity contribution in [3.05, 3.63) is 6.07 Å². The molecule has 1 unspecified atom stereocenters. The molecule has 1 aromatic heterocycles. The summed E-state index contributed by atoms with van der Waals surface area (Å²) in [5, 5.41) is 10.3. The van der Waals surface area contributed by atoms with Crippen LogP contribution in [-0.2, 0) is 0 Å². The maximum atomic E-state index is 9.28. The third-order valence-corrected chi connectivity index (χ3v) is 2.86. The highest BCUT2D eigenvalue weighted by Gasteiger charge is 2.21. The van der Waals surface area contributed by atoms with Crippen LogP contribution >= 0.6 is 11.5 Å². The van der Waals surface area contributed by atoms with Gasteiger partial charge in [-0.05, 0) is 18.0 Å². The first-order valence-corrected chi connectivity index (χ1v) is 4.68. The molecule has 5 heteroatoms. The Morgan fingerprint density at radius 1 is 1.75 bits per heavy atom. The minimum Gasteiger partial charge on any atom is -0.391 e. The van der Waals surface area contributed by atoms with Crippen LogP contribution in [0.2, 0.25) is 0 Å². The van der Waals surface area contributed by atoms with Crippen molar-refractivity contribution in [3.63, 3.8) is 0 Å². The zero-order chi connectivity index (χ0) is 8.55. The molecule has 12 heavy (non-hydrogen) atoms. The predicted molar refractivity (Wildman–Crippen MR) is 49.4 cm³/mol. The first kappa shape index (κ1) is 7.82. The largest absolute Gasteiger partial charge is 0.391 e. The molecule has 0 bridgehead atoms. The Bertz CT molecular complexity index is 275. The summed E-state index contributed by atoms with van der Waals surface area (Å²) >= 11 is 1.39. The third kappa shape index (κ3) is 1.37. The molecule has 0 amide bonds. The van der Waals surface area contributed by atoms with Crippen LogP contribution in [0.5, 0.6) is 0 Å². The van der Waals surface area contributed by atoms with E-state index in [-0.39, 0.29) is 6.10 Å². The van der Waals surface area contributed by atoms with Crippen molar-refractivity contribution in [2.75, 3.05) is 23.7 Å². The second kappa shape index (κ2) is 2.91. The quantitative estimate of drug-likeness (QED) is 0.660. The summed E-state index contributed by atoms with van der Waals surface area (Å²) in [5.41, 5.74) is 5.49. The molecule has 1 aliphatic rings. The van der Waals surface area contributed by atoms with Gasteiger partial charge in [-0.25, -0.2) is 0 Å². The fourth-order valence-corrected chi connectivity index (χ4v) is 2.08. The monoisotopic (exact) mass is 185 g/mol. The van der Waals surface area contributed by atoms with E-state index in [9.17, 15) is 5.11 Å². The Balaban J connectivity index is 2.11. The van der Waals surface area contributed by atoms with Crippen LogP contribution < -0.4 is 10.6 Å². The van der Waals surface area contributed by atoms with E-state index in [1.165, 1.54) is 11.5 Å². The molecular formula is C7H11N3OS. The fraction of sp³-hybridized carbons (Fsp3) is 0.571. The van der Waals surface area contributed by atoms with E-state index in [1.807, 2.05) is 6.07 Å². The summed E-state index contributed by atoms with van der Waals surface area (Å²) in [4.78, 5) is 2.11. The van der Waals surface area contributed by atoms with Crippen LogP contribution in [0.1, 0.15) is 6.42 Å². The molecule has 0 saturated carbocycles. The number of β-amino-alcohol motifs (C(OH)–C–C–N with tert-alkyl or cyclic N) is 1. The second-order valence-electron chi connectivity index (χ2n) is 2.98. The van der Waals surface area contributed by atoms with Gasteiger partial charge in [0.25, 0.3) is 0 Å². The third-order valence-electron chi connectivity index (χ3n) is 1.99. The van der Waals surface area contributed by atoms with Gasteiger partial charge in [0.05, 0.1) is 6.10 Å². The fourth-order valence-electron chi connectivity index (χ4n) is 1.37. The molecule has 4 nitrogen and oxygen atoms in total. The smallest absolute Gasteiger partial charge is 0.139 e. The van der Waals surface area contributed by atoms with Crippen LogP contribution in [0.4, 0.5) is 10.8 Å². The van der Waals surface area contributed by atoms with Crippen LogP contribution in [0.25, 0.3) is 0 Å². The van der Waals surface area contributed by atoms with Gasteiger partial charge in [-0.3, -0.25) is 0 Å². The Hall–Kier alpha value is -0.810. The highest BCUT2D eigenvalue weighted by atomic mass is 32.1. The molecule has 66 valence electrons. The lowest BCUT2D eigenvalue weighted by molar-refractivity contribution is 0.198. The topological polar surface area (TPSA) is 62.4 Å². The molecule has 0 radical (unpaired) electrons. The maximum Gasteiger partial charge on any atom is 0.139 e. The van der Waals surface area contributed by atoms with Gasteiger partial charge in [-0.2, -0.15) is 4.37 Å². The van der Waals surface area contributed by atoms with Crippen molar-refractivity contribution in [1.29, 1.82) is 0 Å². The lowest BCUT2D eigenvalue weighted by atomic mass is 10.3. The lowest BCUT2D eigenvalue weighted by Gasteiger charge is -2.13. The average Bonchev–Trinajstić information content (AvgIpc) is 2.58. The number of nitrogen functional groups attached to an aromatic ring is 1. The Kier molecular flexibility index (Phi) is 1.90. The summed E-state index contributed by atoms with van der Waals surface area (Å²) in [6, 6.07) is 1.85. The van der Waals surface area contributed by atoms with Crippen molar-refractivity contribution in [2.24, 2.45) is 0 Å². The van der Waals surface area contributed by atoms with E-state index in [2.05, 4.69) is 9.27 Å². The lowest BCUT2D eigenvalue weighted by Crippen LogP contribution is -2.19. The first-order valence-electron chi connectivity index (χ1n) is 3.91. The van der Waals surface area contributed by atoms with Gasteiger partial charge in [0.15, 0.2) is 0 Å². The van der Waals surface area contributed by atoms with Gasteiger partial charge in [0, 0.05) is 19.2 Å². The maximum absolute atomic E-state index is 9.28. The number of aliphatic hydroxyl groups excluding tert-OH is 1. The SMILES string of the molecule is Nc1cc(N2CCC(O)C2)sn1. The molecule has 1 aromatic rings. The van der Waals surface area contributed by atoms with Gasteiger partial charge in [-0.15, -0.1) is 0 Å². The van der Waals surface area contributed by atoms with Crippen LogP contribution in [0.3, 0.4) is 0 Å². The number of hydrogen-bond donors (Lipinski definition) is 2. The van der Waals surface area contributed by atoms with Crippen LogP contribution in [0.15, 0.2) is 6.07 Å². The van der Waals surface area contributed by atoms with E-state index >= 15 is 0 Å². The molecule has 1 atom stereocenters. The normalized spacial score (nSPS) is 23.4. The number of rotatable bonds is 1. The van der Waals surface area contributed by atoms with Crippen molar-refractivity contribution >= 4 is 22.4 Å². The standard InChI is InChI=1S/C7H11N3OS/c8-6-3-7(12-9-6)10-2-1-5(11)4-10/h3,5,11H,1-2,4H2,(H2,8,9). The van der Waals surface area contributed by atoms with Crippen LogP contribution in [-0.4, -0.2) is 28.7 Å². The van der Waals surface area contributed by atoms with Crippen molar-refractivity contribution in [1.82, 2.24) is 4.37 Å². The molecule has 2 heterocycles. The molecule has 0 aromatic carbocycles. The molecular weight excluding hydrogens is 174 g/mol. The highest BCUT2D eigenvalue weighted by molar-refractivity contribution is 7.10. The summed E-state index contributed by atoms with van der Waals surface area (Å²) in [5.74, 6) is 0.566. The molecule has 3 N–H and O–H groups in total. The van der Waals surface area contributed by atoms with Gasteiger partial charge in [-0.1, -0.05) is 0 Å². The number of hydrogen-bond acceptors (Lipinski definition) is 5. The number of aromatic nitrogens is 1. The molecule has 0 aliphatic carbocycles. The van der Waals surface area contributed by atoms with Crippen molar-refractivity contribution < 1.29 is 5.11 Å². The summed E-state index contributed by atoms with van der Waals surface area (Å²) in [6.45, 7) is 1.62. The average molecular weight is 185 g/mol. The van der Waals surface area contributed by atoms with E-state index < -0.39 is 0 Å². The molecule has 1 fully saturated rings. The van der Waals surface area contributed by atoms with Crippen molar-refractivity contribution in [3.8, 4) is 0 Å². The second-order valence-corrected chi connectivity index (χ2v) is 3.76. The minimum atomic E-state index is -0.187. The summed E-state index contributed by atoms with van der Waals surface area (Å²) in [7, 11) is 0. The van der Waals surface area contributed by atoms with Gasteiger partial charge >= 0.3 is 0 Å². The summed E-state index contributed by atoms with van der Waals surface area (Å²) in [6.07, 6.45) is 0.658. The molecule has 1 aliphatic heterocycles. The van der Waals surface area contributed by atoms with E-state index in [0.29, 0.717) is 12.4 Å². The molecule has 0 spiro atoms. The predicted octanol–water partition coefficient (Wildman–Crippen LogP) is 0.296. The Labute approximate surface area is 74.8 Å². The molecule has 1 saturated heterocycles. The highest BCUT2D eigenvalue weighted by Crippen LogP contribution is 2.26. The minimum absolute atomic E-state index is 0.187. The number of nitrogens with zero attached hydrogens (tertiary/aromatic N) is 2. The Morgan fingerprint density at radius 3 is 3.08 bits per heavy atom. The zero-order valence-corrected chi connectivity index (χ0v) is 7.42. The van der Waals surface area contributed by atoms with E-state index in [1.54, 1.807) is 0 Å². The zero-order valence-electron chi connectivity index (χ0n) is 6.60. The van der Waals surface area contributed by atoms with E-state index in [0.717, 1.165) is 18.0 Å². The van der Waals surface area contributed by atoms with E-state index in [4.69, 9.17) is 5.73 Å². The van der Waals surface area contributed by atoms with Gasteiger partial charge in [0.1, 0.15) is 10.8 Å².